The Morgan fingerprint density at radius 1 is 1.00 bits per heavy atom. The van der Waals surface area contributed by atoms with E-state index in [9.17, 15) is 0 Å². The second-order valence-corrected chi connectivity index (χ2v) is 7.28. The van der Waals surface area contributed by atoms with Crippen LogP contribution >= 0.6 is 0 Å². The molecule has 3 aliphatic rings. The highest BCUT2D eigenvalue weighted by Gasteiger charge is 2.43. The van der Waals surface area contributed by atoms with E-state index in [1.807, 2.05) is 0 Å². The van der Waals surface area contributed by atoms with Crippen molar-refractivity contribution in [2.75, 3.05) is 49.6 Å². The zero-order valence-electron chi connectivity index (χ0n) is 13.3. The summed E-state index contributed by atoms with van der Waals surface area (Å²) in [6.07, 6.45) is 5.33. The minimum Gasteiger partial charge on any atom is -0.383 e. The molecular weight excluding hydrogens is 276 g/mol. The summed E-state index contributed by atoms with van der Waals surface area (Å²) in [4.78, 5) is 13.6. The Morgan fingerprint density at radius 2 is 1.77 bits per heavy atom. The summed E-state index contributed by atoms with van der Waals surface area (Å²) in [6.45, 7) is 4.08. The van der Waals surface area contributed by atoms with Crippen molar-refractivity contribution in [3.63, 3.8) is 0 Å². The first-order valence-corrected chi connectivity index (χ1v) is 8.48. The maximum Gasteiger partial charge on any atom is 0.223 e. The Bertz CT molecular complexity index is 566. The van der Waals surface area contributed by atoms with Crippen molar-refractivity contribution in [1.82, 2.24) is 14.9 Å². The van der Waals surface area contributed by atoms with Crippen molar-refractivity contribution < 1.29 is 0 Å². The third kappa shape index (κ3) is 2.29. The highest BCUT2D eigenvalue weighted by atomic mass is 15.3. The number of rotatable bonds is 2. The van der Waals surface area contributed by atoms with E-state index in [4.69, 9.17) is 11.5 Å². The predicted molar refractivity (Wildman–Crippen MR) is 88.8 cm³/mol. The van der Waals surface area contributed by atoms with Gasteiger partial charge in [0.15, 0.2) is 0 Å². The smallest absolute Gasteiger partial charge is 0.223 e. The number of nitrogens with zero attached hydrogens (tertiary/aromatic N) is 4. The van der Waals surface area contributed by atoms with Gasteiger partial charge in [-0.1, -0.05) is 6.42 Å². The maximum atomic E-state index is 6.30. The van der Waals surface area contributed by atoms with E-state index in [0.29, 0.717) is 17.7 Å². The van der Waals surface area contributed by atoms with Crippen molar-refractivity contribution in [2.24, 2.45) is 11.8 Å². The highest BCUT2D eigenvalue weighted by molar-refractivity contribution is 5.62. The summed E-state index contributed by atoms with van der Waals surface area (Å²) in [5, 5.41) is 0. The molecular formula is C16H26N6. The van der Waals surface area contributed by atoms with E-state index < -0.39 is 0 Å². The van der Waals surface area contributed by atoms with Crippen molar-refractivity contribution in [3.8, 4) is 0 Å². The number of fused-ring (bicyclic) bond motifs is 2. The molecule has 0 aromatic carbocycles. The van der Waals surface area contributed by atoms with Crippen LogP contribution in [0.4, 0.5) is 17.6 Å². The normalized spacial score (nSPS) is 31.9. The van der Waals surface area contributed by atoms with Crippen molar-refractivity contribution in [1.29, 1.82) is 0 Å². The number of nitrogen functional groups attached to an aromatic ring is 2. The van der Waals surface area contributed by atoms with Gasteiger partial charge >= 0.3 is 0 Å². The summed E-state index contributed by atoms with van der Waals surface area (Å²) in [7, 11) is 2.16. The van der Waals surface area contributed by atoms with Gasteiger partial charge < -0.3 is 21.3 Å². The first kappa shape index (κ1) is 14.1. The van der Waals surface area contributed by atoms with Crippen molar-refractivity contribution in [2.45, 2.75) is 31.6 Å². The van der Waals surface area contributed by atoms with Gasteiger partial charge in [-0.15, -0.1) is 0 Å². The standard InChI is InChI=1S/C16H26N6/c1-21-4-6-22(7-5-21)15-13(14(17)19-16(18)20-15)12-9-10-2-3-11(12)8-10/h10-12H,2-9H2,1H3,(H4,17,18,19,20). The minimum atomic E-state index is 0.304. The van der Waals surface area contributed by atoms with Gasteiger partial charge in [-0.05, 0) is 44.1 Å². The monoisotopic (exact) mass is 302 g/mol. The summed E-state index contributed by atoms with van der Waals surface area (Å²) in [6, 6.07) is 0. The van der Waals surface area contributed by atoms with Crippen LogP contribution in [0.2, 0.25) is 0 Å². The van der Waals surface area contributed by atoms with E-state index in [1.165, 1.54) is 31.2 Å². The molecule has 4 rings (SSSR count). The van der Waals surface area contributed by atoms with Crippen molar-refractivity contribution in [3.05, 3.63) is 5.56 Å². The Balaban J connectivity index is 1.70. The van der Waals surface area contributed by atoms with E-state index in [-0.39, 0.29) is 0 Å². The fourth-order valence-corrected chi connectivity index (χ4v) is 4.71. The molecule has 3 unspecified atom stereocenters. The Labute approximate surface area is 131 Å². The zero-order chi connectivity index (χ0) is 15.3. The number of likely N-dealkylation sites (N-methyl/N-ethyl adjacent to an activating group) is 1. The lowest BCUT2D eigenvalue weighted by Gasteiger charge is -2.36. The molecule has 1 aromatic heterocycles. The van der Waals surface area contributed by atoms with Crippen molar-refractivity contribution >= 4 is 17.6 Å². The third-order valence-electron chi connectivity index (χ3n) is 5.88. The third-order valence-corrected chi connectivity index (χ3v) is 5.88. The number of aromatic nitrogens is 2. The first-order valence-electron chi connectivity index (χ1n) is 8.48. The summed E-state index contributed by atoms with van der Waals surface area (Å²) >= 11 is 0. The molecule has 22 heavy (non-hydrogen) atoms. The molecule has 2 saturated carbocycles. The molecule has 3 atom stereocenters. The molecule has 0 radical (unpaired) electrons. The molecule has 0 spiro atoms. The molecule has 1 saturated heterocycles. The number of hydrogen-bond acceptors (Lipinski definition) is 6. The van der Waals surface area contributed by atoms with Gasteiger partial charge in [-0.2, -0.15) is 9.97 Å². The molecule has 0 amide bonds. The van der Waals surface area contributed by atoms with Crippen LogP contribution < -0.4 is 16.4 Å². The topological polar surface area (TPSA) is 84.3 Å². The van der Waals surface area contributed by atoms with E-state index in [2.05, 4.69) is 26.8 Å². The van der Waals surface area contributed by atoms with Gasteiger partial charge in [0.05, 0.1) is 0 Å². The largest absolute Gasteiger partial charge is 0.383 e. The van der Waals surface area contributed by atoms with Gasteiger partial charge in [-0.25, -0.2) is 0 Å². The quantitative estimate of drug-likeness (QED) is 0.856. The van der Waals surface area contributed by atoms with Crippen LogP contribution in [0.3, 0.4) is 0 Å². The zero-order valence-corrected chi connectivity index (χ0v) is 13.3. The van der Waals surface area contributed by atoms with Gasteiger partial charge in [0, 0.05) is 31.7 Å². The molecule has 120 valence electrons. The fraction of sp³-hybridized carbons (Fsp3) is 0.750. The van der Waals surface area contributed by atoms with Crippen LogP contribution in [0.5, 0.6) is 0 Å². The molecule has 2 bridgehead atoms. The highest BCUT2D eigenvalue weighted by Crippen LogP contribution is 2.55. The maximum absolute atomic E-state index is 6.30. The lowest BCUT2D eigenvalue weighted by molar-refractivity contribution is 0.311. The number of piperazine rings is 1. The van der Waals surface area contributed by atoms with Crippen LogP contribution in [0.25, 0.3) is 0 Å². The van der Waals surface area contributed by atoms with E-state index >= 15 is 0 Å². The Kier molecular flexibility index (Phi) is 3.36. The lowest BCUT2D eigenvalue weighted by atomic mass is 9.83. The van der Waals surface area contributed by atoms with Gasteiger partial charge in [0.25, 0.3) is 0 Å². The summed E-state index contributed by atoms with van der Waals surface area (Å²) < 4.78 is 0. The first-order chi connectivity index (χ1) is 10.6. The predicted octanol–water partition coefficient (Wildman–Crippen LogP) is 1.30. The number of hydrogen-bond donors (Lipinski definition) is 2. The SMILES string of the molecule is CN1CCN(c2nc(N)nc(N)c2C2CC3CCC2C3)CC1. The second kappa shape index (κ2) is 5.26. The number of nitrogens with two attached hydrogens (primary N) is 2. The molecule has 2 heterocycles. The fourth-order valence-electron chi connectivity index (χ4n) is 4.71. The Morgan fingerprint density at radius 3 is 2.41 bits per heavy atom. The molecule has 1 aromatic rings. The van der Waals surface area contributed by atoms with Crippen LogP contribution in [-0.4, -0.2) is 48.1 Å². The lowest BCUT2D eigenvalue weighted by Crippen LogP contribution is -2.45. The van der Waals surface area contributed by atoms with E-state index in [0.717, 1.165) is 43.8 Å². The minimum absolute atomic E-state index is 0.304. The van der Waals surface area contributed by atoms with E-state index in [1.54, 1.807) is 0 Å². The molecule has 1 aliphatic heterocycles. The average Bonchev–Trinajstić information content (AvgIpc) is 3.10. The van der Waals surface area contributed by atoms with Gasteiger partial charge in [0.2, 0.25) is 5.95 Å². The van der Waals surface area contributed by atoms with Gasteiger partial charge in [-0.3, -0.25) is 0 Å². The molecule has 3 fully saturated rings. The van der Waals surface area contributed by atoms with Crippen LogP contribution in [0.15, 0.2) is 0 Å². The Hall–Kier alpha value is -1.56. The molecule has 4 N–H and O–H groups in total. The molecule has 6 heteroatoms. The van der Waals surface area contributed by atoms with Crippen LogP contribution in [0.1, 0.15) is 37.2 Å². The molecule has 2 aliphatic carbocycles. The molecule has 6 nitrogen and oxygen atoms in total. The summed E-state index contributed by atoms with van der Waals surface area (Å²) in [5.74, 6) is 4.11. The van der Waals surface area contributed by atoms with Crippen LogP contribution in [-0.2, 0) is 0 Å². The number of anilines is 3. The second-order valence-electron chi connectivity index (χ2n) is 7.28. The average molecular weight is 302 g/mol. The summed E-state index contributed by atoms with van der Waals surface area (Å²) in [5.41, 5.74) is 13.4. The van der Waals surface area contributed by atoms with Gasteiger partial charge in [0.1, 0.15) is 11.6 Å². The van der Waals surface area contributed by atoms with Crippen LogP contribution in [0, 0.1) is 11.8 Å².